The van der Waals surface area contributed by atoms with Gasteiger partial charge in [0.05, 0.1) is 0 Å². The smallest absolute Gasteiger partial charge is 0.360 e. The molecule has 0 amide bonds. The van der Waals surface area contributed by atoms with E-state index < -0.39 is 12.0 Å². The third kappa shape index (κ3) is 4.20. The molecule has 2 aromatic rings. The Hall–Kier alpha value is -1.63. The van der Waals surface area contributed by atoms with Crippen LogP contribution in [0.2, 0.25) is 0 Å². The topological polar surface area (TPSA) is 37.8 Å². The van der Waals surface area contributed by atoms with Crippen molar-refractivity contribution in [3.63, 3.8) is 0 Å². The number of benzene rings is 1. The molecule has 0 saturated carbocycles. The molecule has 1 aromatic heterocycles. The van der Waals surface area contributed by atoms with Crippen molar-refractivity contribution >= 4 is 16.7 Å². The minimum absolute atomic E-state index is 0.209. The van der Waals surface area contributed by atoms with Gasteiger partial charge in [-0.3, -0.25) is 0 Å². The lowest BCUT2D eigenvalue weighted by molar-refractivity contribution is -0.144. The molecular formula is C12H12F3N3S. The second-order valence-corrected chi connectivity index (χ2v) is 4.69. The number of alkyl halides is 3. The number of hydrogen-bond donors (Lipinski definition) is 1. The third-order valence-electron chi connectivity index (χ3n) is 2.44. The van der Waals surface area contributed by atoms with Gasteiger partial charge in [-0.2, -0.15) is 22.5 Å². The number of anilines is 1. The Bertz CT molecular complexity index is 510. The number of nitrogens with one attached hydrogen (secondary N) is 1. The van der Waals surface area contributed by atoms with E-state index >= 15 is 0 Å². The molecule has 0 aliphatic carbocycles. The fraction of sp³-hybridized carbons (Fsp3) is 0.333. The maximum Gasteiger partial charge on any atom is 0.452 e. The first-order chi connectivity index (χ1) is 9.05. The zero-order valence-corrected chi connectivity index (χ0v) is 10.8. The molecule has 0 radical (unpaired) electrons. The van der Waals surface area contributed by atoms with Crippen LogP contribution in [0.5, 0.6) is 0 Å². The van der Waals surface area contributed by atoms with E-state index in [1.807, 2.05) is 30.3 Å². The quantitative estimate of drug-likeness (QED) is 0.854. The van der Waals surface area contributed by atoms with Crippen LogP contribution in [0.3, 0.4) is 0 Å². The van der Waals surface area contributed by atoms with E-state index in [0.717, 1.165) is 24.4 Å². The van der Waals surface area contributed by atoms with Gasteiger partial charge in [0.25, 0.3) is 0 Å². The molecule has 1 N–H and O–H groups in total. The van der Waals surface area contributed by atoms with Gasteiger partial charge >= 0.3 is 6.18 Å². The molecule has 0 atom stereocenters. The van der Waals surface area contributed by atoms with Crippen LogP contribution in [0.15, 0.2) is 30.3 Å². The summed E-state index contributed by atoms with van der Waals surface area (Å²) >= 11 is 0.730. The van der Waals surface area contributed by atoms with Crippen molar-refractivity contribution in [1.29, 1.82) is 0 Å². The summed E-state index contributed by atoms with van der Waals surface area (Å²) in [6.45, 7) is 0.571. The molecule has 0 aliphatic heterocycles. The highest BCUT2D eigenvalue weighted by Crippen LogP contribution is 2.28. The Morgan fingerprint density at radius 1 is 1.16 bits per heavy atom. The SMILES string of the molecule is FC(F)(F)c1nsc(NCCCc2ccccc2)n1. The Morgan fingerprint density at radius 2 is 1.89 bits per heavy atom. The Labute approximate surface area is 112 Å². The number of rotatable bonds is 5. The summed E-state index contributed by atoms with van der Waals surface area (Å²) < 4.78 is 40.1. The van der Waals surface area contributed by atoms with Crippen LogP contribution < -0.4 is 5.32 Å². The lowest BCUT2D eigenvalue weighted by atomic mass is 10.1. The zero-order valence-electron chi connectivity index (χ0n) is 9.94. The van der Waals surface area contributed by atoms with E-state index in [1.54, 1.807) is 0 Å². The molecule has 0 saturated heterocycles. The van der Waals surface area contributed by atoms with Crippen molar-refractivity contribution in [1.82, 2.24) is 9.36 Å². The summed E-state index contributed by atoms with van der Waals surface area (Å²) in [6.07, 6.45) is -2.77. The lowest BCUT2D eigenvalue weighted by Gasteiger charge is -2.02. The maximum absolute atomic E-state index is 12.3. The molecule has 102 valence electrons. The standard InChI is InChI=1S/C12H12F3N3S/c13-12(14,15)10-17-11(19-18-10)16-8-4-7-9-5-2-1-3-6-9/h1-3,5-6H,4,7-8H2,(H,16,17,18). The third-order valence-corrected chi connectivity index (χ3v) is 3.11. The van der Waals surface area contributed by atoms with E-state index in [0.29, 0.717) is 6.54 Å². The van der Waals surface area contributed by atoms with E-state index in [2.05, 4.69) is 14.7 Å². The zero-order chi connectivity index (χ0) is 13.7. The van der Waals surface area contributed by atoms with Crippen LogP contribution in [-0.2, 0) is 12.6 Å². The summed E-state index contributed by atoms with van der Waals surface area (Å²) in [5, 5.41) is 3.06. The van der Waals surface area contributed by atoms with Gasteiger partial charge < -0.3 is 5.32 Å². The van der Waals surface area contributed by atoms with Gasteiger partial charge in [-0.25, -0.2) is 0 Å². The number of nitrogens with zero attached hydrogens (tertiary/aromatic N) is 2. The molecule has 1 heterocycles. The van der Waals surface area contributed by atoms with Crippen molar-refractivity contribution in [2.24, 2.45) is 0 Å². The monoisotopic (exact) mass is 287 g/mol. The van der Waals surface area contributed by atoms with E-state index in [4.69, 9.17) is 0 Å². The van der Waals surface area contributed by atoms with Gasteiger partial charge in [0, 0.05) is 18.1 Å². The highest BCUT2D eigenvalue weighted by atomic mass is 32.1. The summed E-state index contributed by atoms with van der Waals surface area (Å²) in [5.41, 5.74) is 1.21. The summed E-state index contributed by atoms with van der Waals surface area (Å²) in [4.78, 5) is 3.40. The van der Waals surface area contributed by atoms with Gasteiger partial charge in [0.1, 0.15) is 0 Å². The minimum atomic E-state index is -4.47. The van der Waals surface area contributed by atoms with Crippen LogP contribution in [0.25, 0.3) is 0 Å². The van der Waals surface area contributed by atoms with Crippen LogP contribution >= 0.6 is 11.5 Å². The summed E-state index contributed by atoms with van der Waals surface area (Å²) in [5.74, 6) is -1.08. The highest BCUT2D eigenvalue weighted by Gasteiger charge is 2.35. The van der Waals surface area contributed by atoms with E-state index in [1.165, 1.54) is 5.56 Å². The first-order valence-electron chi connectivity index (χ1n) is 5.74. The number of aryl methyl sites for hydroxylation is 1. The molecule has 7 heteroatoms. The Morgan fingerprint density at radius 3 is 2.53 bits per heavy atom. The summed E-state index contributed by atoms with van der Waals surface area (Å²) in [6, 6.07) is 9.91. The Kier molecular flexibility index (Phi) is 4.36. The van der Waals surface area contributed by atoms with Crippen LogP contribution in [0.4, 0.5) is 18.3 Å². The summed E-state index contributed by atoms with van der Waals surface area (Å²) in [7, 11) is 0. The largest absolute Gasteiger partial charge is 0.452 e. The van der Waals surface area contributed by atoms with Crippen molar-refractivity contribution < 1.29 is 13.2 Å². The molecular weight excluding hydrogens is 275 g/mol. The molecule has 0 spiro atoms. The highest BCUT2D eigenvalue weighted by molar-refractivity contribution is 7.09. The van der Waals surface area contributed by atoms with Crippen LogP contribution in [0, 0.1) is 0 Å². The van der Waals surface area contributed by atoms with E-state index in [-0.39, 0.29) is 5.13 Å². The molecule has 0 unspecified atom stereocenters. The molecule has 19 heavy (non-hydrogen) atoms. The van der Waals surface area contributed by atoms with Gasteiger partial charge in [0.2, 0.25) is 11.0 Å². The first-order valence-corrected chi connectivity index (χ1v) is 6.52. The fourth-order valence-corrected chi connectivity index (χ4v) is 2.15. The van der Waals surface area contributed by atoms with Gasteiger partial charge in [-0.1, -0.05) is 30.3 Å². The van der Waals surface area contributed by atoms with Crippen LogP contribution in [0.1, 0.15) is 17.8 Å². The number of aromatic nitrogens is 2. The second-order valence-electron chi connectivity index (χ2n) is 3.94. The fourth-order valence-electron chi connectivity index (χ4n) is 1.54. The molecule has 0 aliphatic rings. The predicted octanol–water partition coefficient (Wildman–Crippen LogP) is 3.60. The molecule has 0 fully saturated rings. The number of hydrogen-bond acceptors (Lipinski definition) is 4. The van der Waals surface area contributed by atoms with Gasteiger partial charge in [0.15, 0.2) is 0 Å². The van der Waals surface area contributed by atoms with Crippen LogP contribution in [-0.4, -0.2) is 15.9 Å². The van der Waals surface area contributed by atoms with Crippen molar-refractivity contribution in [3.05, 3.63) is 41.7 Å². The Balaban J connectivity index is 1.76. The maximum atomic E-state index is 12.3. The lowest BCUT2D eigenvalue weighted by Crippen LogP contribution is -2.08. The van der Waals surface area contributed by atoms with Gasteiger partial charge in [-0.05, 0) is 18.4 Å². The van der Waals surface area contributed by atoms with Crippen molar-refractivity contribution in [2.75, 3.05) is 11.9 Å². The molecule has 0 bridgehead atoms. The van der Waals surface area contributed by atoms with Crippen molar-refractivity contribution in [2.45, 2.75) is 19.0 Å². The number of halogens is 3. The average Bonchev–Trinajstić information content (AvgIpc) is 2.85. The molecule has 2 rings (SSSR count). The first kappa shape index (κ1) is 13.8. The van der Waals surface area contributed by atoms with E-state index in [9.17, 15) is 13.2 Å². The molecule has 1 aromatic carbocycles. The second kappa shape index (κ2) is 6.01. The van der Waals surface area contributed by atoms with Gasteiger partial charge in [-0.15, -0.1) is 0 Å². The molecule has 3 nitrogen and oxygen atoms in total. The predicted molar refractivity (Wildman–Crippen MR) is 68.2 cm³/mol. The normalized spacial score (nSPS) is 11.5. The minimum Gasteiger partial charge on any atom is -0.360 e. The average molecular weight is 287 g/mol. The van der Waals surface area contributed by atoms with Crippen molar-refractivity contribution in [3.8, 4) is 0 Å².